The molecule has 1 aliphatic rings. The number of para-hydroxylation sites is 1. The van der Waals surface area contributed by atoms with Gasteiger partial charge >= 0.3 is 0 Å². The van der Waals surface area contributed by atoms with E-state index in [-0.39, 0.29) is 5.82 Å². The van der Waals surface area contributed by atoms with Crippen LogP contribution in [0, 0.1) is 5.82 Å². The van der Waals surface area contributed by atoms with Crippen LogP contribution in [0.5, 0.6) is 0 Å². The van der Waals surface area contributed by atoms with Crippen molar-refractivity contribution in [1.29, 1.82) is 0 Å². The second-order valence-electron chi connectivity index (χ2n) is 4.89. The molecule has 1 N–H and O–H groups in total. The Hall–Kier alpha value is -1.09. The number of anilines is 1. The van der Waals surface area contributed by atoms with E-state index < -0.39 is 6.10 Å². The number of benzene rings is 1. The van der Waals surface area contributed by atoms with Crippen LogP contribution in [0.1, 0.15) is 44.8 Å². The highest BCUT2D eigenvalue weighted by Crippen LogP contribution is 2.33. The Balaban J connectivity index is 2.41. The average Bonchev–Trinajstić information content (AvgIpc) is 2.30. The maximum absolute atomic E-state index is 14.0. The Morgan fingerprint density at radius 3 is 2.82 bits per heavy atom. The maximum Gasteiger partial charge on any atom is 0.146 e. The van der Waals surface area contributed by atoms with Gasteiger partial charge in [-0.1, -0.05) is 12.1 Å². The van der Waals surface area contributed by atoms with Gasteiger partial charge in [-0.15, -0.1) is 0 Å². The van der Waals surface area contributed by atoms with Crippen molar-refractivity contribution >= 4 is 5.69 Å². The van der Waals surface area contributed by atoms with E-state index in [0.29, 0.717) is 17.3 Å². The molecular weight excluding hydrogens is 217 g/mol. The fourth-order valence-corrected chi connectivity index (χ4v) is 2.60. The van der Waals surface area contributed by atoms with Crippen molar-refractivity contribution in [2.75, 3.05) is 11.4 Å². The summed E-state index contributed by atoms with van der Waals surface area (Å²) in [5.41, 5.74) is 1.29. The van der Waals surface area contributed by atoms with E-state index in [2.05, 4.69) is 11.8 Å². The molecule has 17 heavy (non-hydrogen) atoms. The molecule has 0 bridgehead atoms. The van der Waals surface area contributed by atoms with Gasteiger partial charge in [0.25, 0.3) is 0 Å². The van der Waals surface area contributed by atoms with E-state index in [0.717, 1.165) is 19.4 Å². The molecule has 2 atom stereocenters. The fraction of sp³-hybridized carbons (Fsp3) is 0.571. The largest absolute Gasteiger partial charge is 0.389 e. The van der Waals surface area contributed by atoms with Crippen molar-refractivity contribution in [3.05, 3.63) is 29.6 Å². The Labute approximate surface area is 102 Å². The van der Waals surface area contributed by atoms with Crippen LogP contribution in [0.15, 0.2) is 18.2 Å². The Kier molecular flexibility index (Phi) is 3.67. The van der Waals surface area contributed by atoms with Gasteiger partial charge in [0.1, 0.15) is 5.82 Å². The van der Waals surface area contributed by atoms with E-state index in [1.165, 1.54) is 12.5 Å². The molecule has 0 amide bonds. The summed E-state index contributed by atoms with van der Waals surface area (Å²) in [5, 5.41) is 9.75. The number of rotatable bonds is 2. The van der Waals surface area contributed by atoms with Gasteiger partial charge in [-0.2, -0.15) is 0 Å². The molecule has 0 spiro atoms. The van der Waals surface area contributed by atoms with Crippen LogP contribution in [-0.4, -0.2) is 17.7 Å². The molecule has 1 saturated heterocycles. The first-order valence-corrected chi connectivity index (χ1v) is 6.34. The molecule has 3 heteroatoms. The SMILES string of the molecule is CC1CCCCN1c1c(F)cccc1[C@@H](C)O. The van der Waals surface area contributed by atoms with Crippen molar-refractivity contribution in [2.45, 2.75) is 45.3 Å². The number of hydrogen-bond acceptors (Lipinski definition) is 2. The third-order valence-corrected chi connectivity index (χ3v) is 3.56. The molecule has 1 aromatic rings. The highest BCUT2D eigenvalue weighted by Gasteiger charge is 2.24. The molecule has 1 fully saturated rings. The molecular formula is C14H20FNO. The smallest absolute Gasteiger partial charge is 0.146 e. The molecule has 2 rings (SSSR count). The second-order valence-corrected chi connectivity index (χ2v) is 4.89. The topological polar surface area (TPSA) is 23.5 Å². The van der Waals surface area contributed by atoms with E-state index in [1.54, 1.807) is 13.0 Å². The first-order valence-electron chi connectivity index (χ1n) is 6.34. The Morgan fingerprint density at radius 1 is 1.41 bits per heavy atom. The minimum Gasteiger partial charge on any atom is -0.389 e. The van der Waals surface area contributed by atoms with E-state index in [1.807, 2.05) is 6.07 Å². The molecule has 1 heterocycles. The average molecular weight is 237 g/mol. The van der Waals surface area contributed by atoms with Crippen LogP contribution in [0.4, 0.5) is 10.1 Å². The molecule has 0 radical (unpaired) electrons. The van der Waals surface area contributed by atoms with Gasteiger partial charge in [-0.3, -0.25) is 0 Å². The number of nitrogens with zero attached hydrogens (tertiary/aromatic N) is 1. The number of hydrogen-bond donors (Lipinski definition) is 1. The van der Waals surface area contributed by atoms with Crippen LogP contribution in [0.25, 0.3) is 0 Å². The van der Waals surface area contributed by atoms with Gasteiger partial charge in [0.2, 0.25) is 0 Å². The molecule has 1 aliphatic heterocycles. The monoisotopic (exact) mass is 237 g/mol. The summed E-state index contributed by atoms with van der Waals surface area (Å²) in [4.78, 5) is 2.10. The van der Waals surface area contributed by atoms with Crippen molar-refractivity contribution in [1.82, 2.24) is 0 Å². The van der Waals surface area contributed by atoms with E-state index in [4.69, 9.17) is 0 Å². The molecule has 94 valence electrons. The minimum atomic E-state index is -0.630. The van der Waals surface area contributed by atoms with Crippen LogP contribution in [-0.2, 0) is 0 Å². The number of piperidine rings is 1. The van der Waals surface area contributed by atoms with E-state index in [9.17, 15) is 9.50 Å². The highest BCUT2D eigenvalue weighted by molar-refractivity contribution is 5.56. The van der Waals surface area contributed by atoms with Crippen LogP contribution < -0.4 is 4.90 Å². The van der Waals surface area contributed by atoms with Crippen LogP contribution >= 0.6 is 0 Å². The van der Waals surface area contributed by atoms with Gasteiger partial charge < -0.3 is 10.0 Å². The third kappa shape index (κ3) is 2.44. The van der Waals surface area contributed by atoms with Gasteiger partial charge in [0.05, 0.1) is 11.8 Å². The van der Waals surface area contributed by atoms with Crippen LogP contribution in [0.3, 0.4) is 0 Å². The van der Waals surface area contributed by atoms with Gasteiger partial charge in [-0.05, 0) is 39.2 Å². The molecule has 0 aliphatic carbocycles. The quantitative estimate of drug-likeness (QED) is 0.853. The highest BCUT2D eigenvalue weighted by atomic mass is 19.1. The lowest BCUT2D eigenvalue weighted by Crippen LogP contribution is -2.38. The van der Waals surface area contributed by atoms with E-state index >= 15 is 0 Å². The zero-order valence-corrected chi connectivity index (χ0v) is 10.5. The summed E-state index contributed by atoms with van der Waals surface area (Å²) in [7, 11) is 0. The minimum absolute atomic E-state index is 0.225. The normalized spacial score (nSPS) is 22.6. The summed E-state index contributed by atoms with van der Waals surface area (Å²) in [5.74, 6) is -0.225. The van der Waals surface area contributed by atoms with Gasteiger partial charge in [0.15, 0.2) is 0 Å². The fourth-order valence-electron chi connectivity index (χ4n) is 2.60. The summed E-state index contributed by atoms with van der Waals surface area (Å²) in [6.07, 6.45) is 2.76. The number of aliphatic hydroxyl groups is 1. The van der Waals surface area contributed by atoms with Gasteiger partial charge in [0, 0.05) is 18.2 Å². The van der Waals surface area contributed by atoms with Gasteiger partial charge in [-0.25, -0.2) is 4.39 Å². The van der Waals surface area contributed by atoms with Crippen molar-refractivity contribution < 1.29 is 9.50 Å². The summed E-state index contributed by atoms with van der Waals surface area (Å²) >= 11 is 0. The first-order chi connectivity index (χ1) is 8.11. The molecule has 0 aromatic heterocycles. The third-order valence-electron chi connectivity index (χ3n) is 3.56. The standard InChI is InChI=1S/C14H20FNO/c1-10-6-3-4-9-16(10)14-12(11(2)17)7-5-8-13(14)15/h5,7-8,10-11,17H,3-4,6,9H2,1-2H3/t10?,11-/m1/s1. The molecule has 0 saturated carbocycles. The molecule has 2 nitrogen and oxygen atoms in total. The molecule has 1 unspecified atom stereocenters. The van der Waals surface area contributed by atoms with Crippen molar-refractivity contribution in [2.24, 2.45) is 0 Å². The lowest BCUT2D eigenvalue weighted by Gasteiger charge is -2.37. The maximum atomic E-state index is 14.0. The zero-order chi connectivity index (χ0) is 12.4. The van der Waals surface area contributed by atoms with Crippen molar-refractivity contribution in [3.8, 4) is 0 Å². The second kappa shape index (κ2) is 5.05. The van der Waals surface area contributed by atoms with Crippen LogP contribution in [0.2, 0.25) is 0 Å². The number of halogens is 1. The lowest BCUT2D eigenvalue weighted by molar-refractivity contribution is 0.199. The molecule has 1 aromatic carbocycles. The first kappa shape index (κ1) is 12.4. The summed E-state index contributed by atoms with van der Waals surface area (Å²) in [6.45, 7) is 4.69. The van der Waals surface area contributed by atoms with Crippen molar-refractivity contribution in [3.63, 3.8) is 0 Å². The number of aliphatic hydroxyl groups excluding tert-OH is 1. The summed E-state index contributed by atoms with van der Waals surface area (Å²) < 4.78 is 14.0. The summed E-state index contributed by atoms with van der Waals surface area (Å²) in [6, 6.07) is 5.29. The lowest BCUT2D eigenvalue weighted by atomic mass is 9.99. The predicted octanol–water partition coefficient (Wildman–Crippen LogP) is 3.26. The predicted molar refractivity (Wildman–Crippen MR) is 67.7 cm³/mol. The Morgan fingerprint density at radius 2 is 2.18 bits per heavy atom. The zero-order valence-electron chi connectivity index (χ0n) is 10.5. The Bertz CT molecular complexity index is 392.